The first-order valence-electron chi connectivity index (χ1n) is 17.8. The van der Waals surface area contributed by atoms with E-state index in [1.54, 1.807) is 48.7 Å². The zero-order valence-corrected chi connectivity index (χ0v) is 32.7. The van der Waals surface area contributed by atoms with E-state index in [9.17, 15) is 23.7 Å². The highest BCUT2D eigenvalue weighted by molar-refractivity contribution is 7.85. The summed E-state index contributed by atoms with van der Waals surface area (Å²) in [6.45, 7) is 6.50. The summed E-state index contributed by atoms with van der Waals surface area (Å²) in [5.74, 6) is 0.714. The van der Waals surface area contributed by atoms with E-state index in [1.165, 1.54) is 25.4 Å². The number of urea groups is 1. The van der Waals surface area contributed by atoms with Crippen LogP contribution < -0.4 is 34.9 Å². The van der Waals surface area contributed by atoms with Gasteiger partial charge in [-0.15, -0.1) is 0 Å². The van der Waals surface area contributed by atoms with Gasteiger partial charge in [0.15, 0.2) is 5.75 Å². The summed E-state index contributed by atoms with van der Waals surface area (Å²) >= 11 is 0. The molecule has 0 saturated carbocycles. The fraction of sp³-hybridized carbons (Fsp3) is 0.268. The molecule has 4 aromatic carbocycles. The van der Waals surface area contributed by atoms with Crippen LogP contribution in [0.15, 0.2) is 85.1 Å². The molecule has 3 amide bonds. The predicted octanol–water partition coefficient (Wildman–Crippen LogP) is 8.12. The lowest BCUT2D eigenvalue weighted by molar-refractivity contribution is -0.141. The van der Waals surface area contributed by atoms with Gasteiger partial charge in [-0.2, -0.15) is 0 Å². The fourth-order valence-electron chi connectivity index (χ4n) is 6.54. The minimum Gasteiger partial charge on any atom is -0.496 e. The highest BCUT2D eigenvalue weighted by Gasteiger charge is 2.35. The van der Waals surface area contributed by atoms with Crippen molar-refractivity contribution in [1.29, 1.82) is 0 Å². The van der Waals surface area contributed by atoms with Crippen LogP contribution in [0.1, 0.15) is 49.5 Å². The number of fused-ring (bicyclic) bond motifs is 1. The molecule has 15 heteroatoms. The minimum atomic E-state index is -1.37. The Hall–Kier alpha value is -6.35. The largest absolute Gasteiger partial charge is 0.496 e. The Labute approximate surface area is 327 Å². The number of hydrogen-bond donors (Lipinski definition) is 5. The van der Waals surface area contributed by atoms with E-state index in [-0.39, 0.29) is 11.0 Å². The third-order valence-electron chi connectivity index (χ3n) is 9.26. The molecule has 0 aliphatic carbocycles. The molecule has 1 aromatic heterocycles. The Bertz CT molecular complexity index is 2330. The summed E-state index contributed by atoms with van der Waals surface area (Å²) in [6, 6.07) is 21.8. The van der Waals surface area contributed by atoms with Gasteiger partial charge in [-0.3, -0.25) is 4.79 Å². The summed E-state index contributed by atoms with van der Waals surface area (Å²) in [5.41, 5.74) is 2.95. The predicted molar refractivity (Wildman–Crippen MR) is 218 cm³/mol. The number of ether oxygens (including phenoxy) is 3. The number of benzene rings is 4. The summed E-state index contributed by atoms with van der Waals surface area (Å²) in [6.07, 6.45) is 4.15. The zero-order valence-electron chi connectivity index (χ0n) is 31.9. The van der Waals surface area contributed by atoms with E-state index >= 15 is 0 Å². The molecule has 1 fully saturated rings. The van der Waals surface area contributed by atoms with Crippen molar-refractivity contribution in [3.05, 3.63) is 96.2 Å². The quantitative estimate of drug-likeness (QED) is 0.0830. The number of carbonyl (C=O) groups is 3. The van der Waals surface area contributed by atoms with Gasteiger partial charge in [0.05, 0.1) is 36.8 Å². The van der Waals surface area contributed by atoms with Gasteiger partial charge in [0.25, 0.3) is 5.91 Å². The van der Waals surface area contributed by atoms with E-state index < -0.39 is 34.9 Å². The average Bonchev–Trinajstić information content (AvgIpc) is 3.66. The lowest BCUT2D eigenvalue weighted by Crippen LogP contribution is -2.40. The number of methoxy groups -OCH3 is 2. The van der Waals surface area contributed by atoms with Gasteiger partial charge in [0, 0.05) is 47.6 Å². The number of hydrogen-bond acceptors (Lipinski definition) is 9. The molecule has 1 aliphatic heterocycles. The molecule has 6 rings (SSSR count). The van der Waals surface area contributed by atoms with Gasteiger partial charge in [-0.25, -0.2) is 18.8 Å². The SMILES string of the molecule is COc1cc(Nc2cc(Oc3ccc(NC(=O)Nc4cc(C(C)(C)C)cc(NS(C)=O)c4OC)c4ccccc34)ccn2)ccc1C(=O)N1CCC[C@H]1C(=O)O. The van der Waals surface area contributed by atoms with Crippen molar-refractivity contribution in [1.82, 2.24) is 9.88 Å². The van der Waals surface area contributed by atoms with Crippen molar-refractivity contribution < 1.29 is 37.9 Å². The molecule has 2 atom stereocenters. The number of aromatic nitrogens is 1. The van der Waals surface area contributed by atoms with Crippen LogP contribution >= 0.6 is 0 Å². The van der Waals surface area contributed by atoms with Crippen LogP contribution in [0.2, 0.25) is 0 Å². The Kier molecular flexibility index (Phi) is 11.6. The van der Waals surface area contributed by atoms with Gasteiger partial charge in [0.2, 0.25) is 0 Å². The van der Waals surface area contributed by atoms with E-state index in [2.05, 4.69) is 25.7 Å². The fourth-order valence-corrected chi connectivity index (χ4v) is 7.00. The molecule has 1 unspecified atom stereocenters. The lowest BCUT2D eigenvalue weighted by Gasteiger charge is -2.24. The highest BCUT2D eigenvalue weighted by atomic mass is 32.2. The zero-order chi connectivity index (χ0) is 40.1. The number of carboxylic acids is 1. The van der Waals surface area contributed by atoms with Crippen LogP contribution in [-0.2, 0) is 21.2 Å². The maximum atomic E-state index is 13.5. The maximum absolute atomic E-state index is 13.5. The number of carboxylic acid groups (broad SMARTS) is 1. The maximum Gasteiger partial charge on any atom is 0.326 e. The van der Waals surface area contributed by atoms with Crippen molar-refractivity contribution in [3.8, 4) is 23.0 Å². The minimum absolute atomic E-state index is 0.269. The Morgan fingerprint density at radius 1 is 0.875 bits per heavy atom. The van der Waals surface area contributed by atoms with Crippen LogP contribution in [0.25, 0.3) is 10.8 Å². The first-order valence-corrected chi connectivity index (χ1v) is 19.4. The van der Waals surface area contributed by atoms with Crippen LogP contribution in [0, 0.1) is 0 Å². The second-order valence-corrected chi connectivity index (χ2v) is 15.3. The lowest BCUT2D eigenvalue weighted by atomic mass is 9.86. The summed E-state index contributed by atoms with van der Waals surface area (Å²) in [5, 5.41) is 20.1. The monoisotopic (exact) mass is 780 g/mol. The van der Waals surface area contributed by atoms with E-state index in [1.807, 2.05) is 57.2 Å². The number of rotatable bonds is 12. The molecule has 5 N–H and O–H groups in total. The third-order valence-corrected chi connectivity index (χ3v) is 9.76. The number of carbonyl (C=O) groups excluding carboxylic acids is 2. The summed E-state index contributed by atoms with van der Waals surface area (Å²) in [4.78, 5) is 44.2. The Morgan fingerprint density at radius 3 is 2.30 bits per heavy atom. The summed E-state index contributed by atoms with van der Waals surface area (Å²) < 4.78 is 32.5. The molecular formula is C41H44N6O8S. The number of pyridine rings is 1. The molecule has 0 spiro atoms. The number of likely N-dealkylation sites (tertiary alicyclic amines) is 1. The van der Waals surface area contributed by atoms with Crippen LogP contribution in [0.3, 0.4) is 0 Å². The number of anilines is 5. The topological polar surface area (TPSA) is 180 Å². The van der Waals surface area contributed by atoms with Gasteiger partial charge >= 0.3 is 12.0 Å². The molecule has 0 bridgehead atoms. The van der Waals surface area contributed by atoms with Crippen molar-refractivity contribution >= 4 is 68.2 Å². The van der Waals surface area contributed by atoms with Crippen molar-refractivity contribution in [2.24, 2.45) is 0 Å². The molecule has 1 saturated heterocycles. The molecule has 2 heterocycles. The van der Waals surface area contributed by atoms with E-state index in [0.29, 0.717) is 71.0 Å². The van der Waals surface area contributed by atoms with Crippen LogP contribution in [-0.4, -0.2) is 70.2 Å². The number of nitrogens with one attached hydrogen (secondary N) is 4. The molecular weight excluding hydrogens is 737 g/mol. The van der Waals surface area contributed by atoms with Crippen LogP contribution in [0.4, 0.5) is 33.4 Å². The third kappa shape index (κ3) is 8.78. The van der Waals surface area contributed by atoms with Gasteiger partial charge in [-0.05, 0) is 66.3 Å². The normalized spacial score (nSPS) is 14.5. The number of aliphatic carboxylic acids is 1. The average molecular weight is 781 g/mol. The molecule has 292 valence electrons. The Balaban J connectivity index is 1.19. The first kappa shape index (κ1) is 39.3. The molecule has 1 aliphatic rings. The first-order chi connectivity index (χ1) is 26.7. The van der Waals surface area contributed by atoms with Crippen molar-refractivity contribution in [2.75, 3.05) is 47.7 Å². The second kappa shape index (κ2) is 16.6. The van der Waals surface area contributed by atoms with Gasteiger partial charge in [0.1, 0.15) is 40.1 Å². The summed E-state index contributed by atoms with van der Waals surface area (Å²) in [7, 11) is 1.57. The number of nitrogens with zero attached hydrogens (tertiary/aromatic N) is 2. The molecule has 14 nitrogen and oxygen atoms in total. The van der Waals surface area contributed by atoms with Gasteiger partial charge in [-0.1, -0.05) is 45.0 Å². The smallest absolute Gasteiger partial charge is 0.326 e. The van der Waals surface area contributed by atoms with Crippen molar-refractivity contribution in [3.63, 3.8) is 0 Å². The van der Waals surface area contributed by atoms with Crippen molar-refractivity contribution in [2.45, 2.75) is 45.1 Å². The highest BCUT2D eigenvalue weighted by Crippen LogP contribution is 2.40. The second-order valence-electron chi connectivity index (χ2n) is 14.2. The van der Waals surface area contributed by atoms with Crippen LogP contribution in [0.5, 0.6) is 23.0 Å². The molecule has 56 heavy (non-hydrogen) atoms. The Morgan fingerprint density at radius 2 is 1.61 bits per heavy atom. The molecule has 5 aromatic rings. The molecule has 0 radical (unpaired) electrons. The standard InChI is InChI=1S/C41H44N6O8S/c1-41(2,3)24-20-31(37(54-5)32(21-24)46-56(6)52)45-40(51)44-30-15-16-34(28-11-8-7-10-27(28)30)55-26-17-18-42-36(23-26)43-25-13-14-29(35(22-25)53-4)38(48)47-19-9-12-33(47)39(49)50/h7-8,10-11,13-18,20-23,33,46H,9,12,19H2,1-6H3,(H,42,43)(H,49,50)(H2,44,45,51)/t33-,56?/m0/s1. The number of amides is 3. The van der Waals surface area contributed by atoms with E-state index in [0.717, 1.165) is 16.3 Å². The van der Waals surface area contributed by atoms with E-state index in [4.69, 9.17) is 14.2 Å². The van der Waals surface area contributed by atoms with Gasteiger partial charge < -0.3 is 44.9 Å².